The number of hydrogen-bond donors (Lipinski definition) is 1. The summed E-state index contributed by atoms with van der Waals surface area (Å²) in [6, 6.07) is 2.04. The van der Waals surface area contributed by atoms with Gasteiger partial charge in [-0.25, -0.2) is 0 Å². The summed E-state index contributed by atoms with van der Waals surface area (Å²) in [4.78, 5) is 3.07. The Balaban J connectivity index is 2.89. The molecule has 10 heavy (non-hydrogen) atoms. The molecule has 0 aliphatic carbocycles. The van der Waals surface area contributed by atoms with Gasteiger partial charge in [0.15, 0.2) is 0 Å². The standard InChI is InChI=1S/C9H11N/c1-3-5-8-6-7-10-9(8)4-2/h3-4,6-7,10H,1-2,5H2. The van der Waals surface area contributed by atoms with E-state index in [1.165, 1.54) is 5.56 Å². The van der Waals surface area contributed by atoms with E-state index >= 15 is 0 Å². The van der Waals surface area contributed by atoms with E-state index in [4.69, 9.17) is 0 Å². The molecule has 1 rings (SSSR count). The van der Waals surface area contributed by atoms with E-state index in [-0.39, 0.29) is 0 Å². The summed E-state index contributed by atoms with van der Waals surface area (Å²) in [5, 5.41) is 0. The molecule has 0 atom stereocenters. The highest BCUT2D eigenvalue weighted by molar-refractivity contribution is 5.47. The zero-order valence-electron chi connectivity index (χ0n) is 5.93. The average molecular weight is 133 g/mol. The quantitative estimate of drug-likeness (QED) is 0.609. The fourth-order valence-electron chi connectivity index (χ4n) is 0.938. The first-order valence-corrected chi connectivity index (χ1v) is 3.28. The van der Waals surface area contributed by atoms with Gasteiger partial charge in [-0.2, -0.15) is 0 Å². The molecule has 1 aromatic heterocycles. The van der Waals surface area contributed by atoms with Crippen LogP contribution in [0, 0.1) is 0 Å². The average Bonchev–Trinajstić information content (AvgIpc) is 2.36. The SMILES string of the molecule is C=CCc1cc[nH]c1C=C. The van der Waals surface area contributed by atoms with Gasteiger partial charge in [0.05, 0.1) is 0 Å². The molecular formula is C9H11N. The molecular weight excluding hydrogens is 122 g/mol. The largest absolute Gasteiger partial charge is 0.361 e. The van der Waals surface area contributed by atoms with Crippen molar-refractivity contribution in [2.45, 2.75) is 6.42 Å². The van der Waals surface area contributed by atoms with Gasteiger partial charge in [0.2, 0.25) is 0 Å². The van der Waals surface area contributed by atoms with E-state index in [0.717, 1.165) is 12.1 Å². The number of aromatic amines is 1. The van der Waals surface area contributed by atoms with Gasteiger partial charge in [-0.15, -0.1) is 6.58 Å². The second kappa shape index (κ2) is 3.06. The molecule has 1 N–H and O–H groups in total. The maximum absolute atomic E-state index is 3.68. The Morgan fingerprint density at radius 3 is 2.90 bits per heavy atom. The maximum atomic E-state index is 3.68. The van der Waals surface area contributed by atoms with Crippen LogP contribution >= 0.6 is 0 Å². The number of hydrogen-bond acceptors (Lipinski definition) is 0. The fraction of sp³-hybridized carbons (Fsp3) is 0.111. The lowest BCUT2D eigenvalue weighted by molar-refractivity contribution is 1.25. The van der Waals surface area contributed by atoms with Gasteiger partial charge in [0, 0.05) is 11.9 Å². The zero-order chi connectivity index (χ0) is 7.40. The summed E-state index contributed by atoms with van der Waals surface area (Å²) in [5.41, 5.74) is 2.35. The molecule has 0 saturated carbocycles. The van der Waals surface area contributed by atoms with Crippen molar-refractivity contribution < 1.29 is 0 Å². The Labute approximate surface area is 61.1 Å². The smallest absolute Gasteiger partial charge is 0.0410 e. The first kappa shape index (κ1) is 6.87. The Morgan fingerprint density at radius 1 is 1.50 bits per heavy atom. The second-order valence-electron chi connectivity index (χ2n) is 2.11. The molecule has 0 bridgehead atoms. The van der Waals surface area contributed by atoms with Crippen LogP contribution in [0.3, 0.4) is 0 Å². The highest BCUT2D eigenvalue weighted by Crippen LogP contribution is 2.08. The first-order valence-electron chi connectivity index (χ1n) is 3.28. The van der Waals surface area contributed by atoms with Crippen LogP contribution in [0.25, 0.3) is 6.08 Å². The van der Waals surface area contributed by atoms with Gasteiger partial charge in [-0.1, -0.05) is 12.7 Å². The van der Waals surface area contributed by atoms with E-state index in [9.17, 15) is 0 Å². The van der Waals surface area contributed by atoms with Crippen LogP contribution in [-0.2, 0) is 6.42 Å². The predicted octanol–water partition coefficient (Wildman–Crippen LogP) is 2.39. The molecule has 1 heteroatoms. The molecule has 1 heterocycles. The van der Waals surface area contributed by atoms with Crippen LogP contribution in [-0.4, -0.2) is 4.98 Å². The predicted molar refractivity (Wildman–Crippen MR) is 44.8 cm³/mol. The fourth-order valence-corrected chi connectivity index (χ4v) is 0.938. The number of aromatic nitrogens is 1. The molecule has 0 aliphatic rings. The Morgan fingerprint density at radius 2 is 2.30 bits per heavy atom. The minimum atomic E-state index is 0.908. The molecule has 0 unspecified atom stereocenters. The number of nitrogens with one attached hydrogen (secondary N) is 1. The molecule has 0 fully saturated rings. The van der Waals surface area contributed by atoms with E-state index in [2.05, 4.69) is 18.1 Å². The molecule has 1 nitrogen and oxygen atoms in total. The van der Waals surface area contributed by atoms with Gasteiger partial charge in [0.1, 0.15) is 0 Å². The zero-order valence-corrected chi connectivity index (χ0v) is 5.93. The summed E-state index contributed by atoms with van der Waals surface area (Å²) in [6.07, 6.45) is 6.52. The van der Waals surface area contributed by atoms with Gasteiger partial charge < -0.3 is 4.98 Å². The molecule has 0 saturated heterocycles. The van der Waals surface area contributed by atoms with Crippen LogP contribution in [0.2, 0.25) is 0 Å². The van der Waals surface area contributed by atoms with Crippen LogP contribution in [0.4, 0.5) is 0 Å². The van der Waals surface area contributed by atoms with Crippen LogP contribution in [0.1, 0.15) is 11.3 Å². The van der Waals surface area contributed by atoms with E-state index in [0.29, 0.717) is 0 Å². The van der Waals surface area contributed by atoms with Crippen molar-refractivity contribution in [3.05, 3.63) is 42.8 Å². The normalized spacial score (nSPS) is 9.20. The van der Waals surface area contributed by atoms with Gasteiger partial charge in [-0.05, 0) is 24.1 Å². The topological polar surface area (TPSA) is 15.8 Å². The Hall–Kier alpha value is -1.24. The third-order valence-electron chi connectivity index (χ3n) is 1.44. The van der Waals surface area contributed by atoms with Crippen molar-refractivity contribution in [3.8, 4) is 0 Å². The third kappa shape index (κ3) is 1.18. The van der Waals surface area contributed by atoms with Gasteiger partial charge in [0.25, 0.3) is 0 Å². The van der Waals surface area contributed by atoms with Crippen LogP contribution < -0.4 is 0 Å². The molecule has 0 amide bonds. The van der Waals surface area contributed by atoms with Crippen molar-refractivity contribution in [1.29, 1.82) is 0 Å². The van der Waals surface area contributed by atoms with Crippen molar-refractivity contribution in [1.82, 2.24) is 4.98 Å². The molecule has 0 spiro atoms. The van der Waals surface area contributed by atoms with Crippen molar-refractivity contribution >= 4 is 6.08 Å². The van der Waals surface area contributed by atoms with Gasteiger partial charge in [-0.3, -0.25) is 0 Å². The highest BCUT2D eigenvalue weighted by atomic mass is 14.7. The van der Waals surface area contributed by atoms with E-state index < -0.39 is 0 Å². The lowest BCUT2D eigenvalue weighted by Crippen LogP contribution is -1.79. The lowest BCUT2D eigenvalue weighted by Gasteiger charge is -1.91. The minimum absolute atomic E-state index is 0.908. The van der Waals surface area contributed by atoms with E-state index in [1.54, 1.807) is 0 Å². The van der Waals surface area contributed by atoms with Crippen LogP contribution in [0.15, 0.2) is 31.5 Å². The number of allylic oxidation sites excluding steroid dienone is 1. The van der Waals surface area contributed by atoms with Crippen molar-refractivity contribution in [3.63, 3.8) is 0 Å². The monoisotopic (exact) mass is 133 g/mol. The molecule has 1 aromatic rings. The van der Waals surface area contributed by atoms with E-state index in [1.807, 2.05) is 24.4 Å². The summed E-state index contributed by atoms with van der Waals surface area (Å²) in [5.74, 6) is 0. The number of rotatable bonds is 3. The Kier molecular flexibility index (Phi) is 2.11. The summed E-state index contributed by atoms with van der Waals surface area (Å²) in [7, 11) is 0. The first-order chi connectivity index (χ1) is 4.88. The second-order valence-corrected chi connectivity index (χ2v) is 2.11. The van der Waals surface area contributed by atoms with Crippen molar-refractivity contribution in [2.24, 2.45) is 0 Å². The summed E-state index contributed by atoms with van der Waals surface area (Å²) >= 11 is 0. The van der Waals surface area contributed by atoms with Crippen molar-refractivity contribution in [2.75, 3.05) is 0 Å². The molecule has 0 aromatic carbocycles. The molecule has 0 radical (unpaired) electrons. The summed E-state index contributed by atoms with van der Waals surface area (Å²) < 4.78 is 0. The molecule has 0 aliphatic heterocycles. The Bertz CT molecular complexity index is 233. The number of H-pyrrole nitrogens is 1. The highest BCUT2D eigenvalue weighted by Gasteiger charge is 1.95. The maximum Gasteiger partial charge on any atom is 0.0410 e. The van der Waals surface area contributed by atoms with Gasteiger partial charge >= 0.3 is 0 Å². The summed E-state index contributed by atoms with van der Waals surface area (Å²) in [6.45, 7) is 7.34. The molecule has 52 valence electrons. The minimum Gasteiger partial charge on any atom is -0.361 e. The lowest BCUT2D eigenvalue weighted by atomic mass is 10.2. The third-order valence-corrected chi connectivity index (χ3v) is 1.44. The van der Waals surface area contributed by atoms with Crippen LogP contribution in [0.5, 0.6) is 0 Å².